The van der Waals surface area contributed by atoms with Gasteiger partial charge in [-0.15, -0.1) is 0 Å². The van der Waals surface area contributed by atoms with E-state index in [1.165, 1.54) is 44.9 Å². The van der Waals surface area contributed by atoms with Crippen LogP contribution in [0.1, 0.15) is 55.6 Å². The maximum atomic E-state index is 6.37. The summed E-state index contributed by atoms with van der Waals surface area (Å²) in [6, 6.07) is 9.43. The van der Waals surface area contributed by atoms with E-state index in [0.29, 0.717) is 6.04 Å². The first kappa shape index (κ1) is 11.3. The fourth-order valence-corrected chi connectivity index (χ4v) is 3.49. The minimum Gasteiger partial charge on any atom is -0.327 e. The van der Waals surface area contributed by atoms with Gasteiger partial charge in [0.25, 0.3) is 0 Å². The number of nitrogens with two attached hydrogens (primary N) is 1. The third kappa shape index (κ3) is 2.26. The van der Waals surface area contributed by atoms with E-state index in [2.05, 4.69) is 24.3 Å². The van der Waals surface area contributed by atoms with Gasteiger partial charge in [0.1, 0.15) is 0 Å². The van der Waals surface area contributed by atoms with Crippen molar-refractivity contribution < 1.29 is 0 Å². The third-order valence-corrected chi connectivity index (χ3v) is 4.81. The lowest BCUT2D eigenvalue weighted by molar-refractivity contribution is 0.240. The van der Waals surface area contributed by atoms with Crippen molar-refractivity contribution in [2.75, 3.05) is 0 Å². The molecule has 2 atom stereocenters. The Hall–Kier alpha value is -0.820. The molecule has 17 heavy (non-hydrogen) atoms. The number of aryl methyl sites for hydroxylation is 1. The summed E-state index contributed by atoms with van der Waals surface area (Å²) in [6.45, 7) is 0. The van der Waals surface area contributed by atoms with Crippen LogP contribution >= 0.6 is 0 Å². The highest BCUT2D eigenvalue weighted by Crippen LogP contribution is 2.38. The SMILES string of the molecule is NC(CC1CCCc2ccccc21)C1CCC1. The fraction of sp³-hybridized carbons (Fsp3) is 0.625. The Morgan fingerprint density at radius 3 is 2.71 bits per heavy atom. The van der Waals surface area contributed by atoms with Gasteiger partial charge in [0.05, 0.1) is 0 Å². The van der Waals surface area contributed by atoms with Gasteiger partial charge in [0, 0.05) is 6.04 Å². The number of hydrogen-bond donors (Lipinski definition) is 1. The van der Waals surface area contributed by atoms with Gasteiger partial charge >= 0.3 is 0 Å². The summed E-state index contributed by atoms with van der Waals surface area (Å²) in [4.78, 5) is 0. The highest BCUT2D eigenvalue weighted by Gasteiger charge is 2.28. The zero-order valence-corrected chi connectivity index (χ0v) is 10.6. The lowest BCUT2D eigenvalue weighted by Gasteiger charge is -2.35. The smallest absolute Gasteiger partial charge is 0.00729 e. The van der Waals surface area contributed by atoms with E-state index in [0.717, 1.165) is 11.8 Å². The predicted molar refractivity (Wildman–Crippen MR) is 72.1 cm³/mol. The van der Waals surface area contributed by atoms with Crippen LogP contribution in [0.15, 0.2) is 24.3 Å². The van der Waals surface area contributed by atoms with Gasteiger partial charge in [-0.05, 0) is 61.5 Å². The first-order valence-electron chi connectivity index (χ1n) is 7.18. The Morgan fingerprint density at radius 1 is 1.12 bits per heavy atom. The van der Waals surface area contributed by atoms with Crippen LogP contribution in [-0.4, -0.2) is 6.04 Å². The van der Waals surface area contributed by atoms with Crippen LogP contribution in [0, 0.1) is 5.92 Å². The van der Waals surface area contributed by atoms with Crippen molar-refractivity contribution in [3.8, 4) is 0 Å². The molecule has 1 aromatic carbocycles. The molecule has 1 heteroatoms. The van der Waals surface area contributed by atoms with Crippen molar-refractivity contribution in [3.63, 3.8) is 0 Å². The molecule has 0 saturated heterocycles. The first-order valence-corrected chi connectivity index (χ1v) is 7.18. The molecule has 0 bridgehead atoms. The molecular weight excluding hydrogens is 206 g/mol. The second-order valence-corrected chi connectivity index (χ2v) is 5.88. The topological polar surface area (TPSA) is 26.0 Å². The zero-order valence-electron chi connectivity index (χ0n) is 10.6. The molecule has 1 aromatic rings. The molecule has 3 rings (SSSR count). The molecule has 1 fully saturated rings. The molecule has 1 saturated carbocycles. The maximum Gasteiger partial charge on any atom is 0.00729 e. The van der Waals surface area contributed by atoms with E-state index in [4.69, 9.17) is 5.73 Å². The molecule has 0 amide bonds. The standard InChI is InChI=1S/C16H23N/c17-16(13-7-4-8-13)11-14-9-3-6-12-5-1-2-10-15(12)14/h1-2,5,10,13-14,16H,3-4,6-9,11,17H2. The molecule has 92 valence electrons. The Balaban J connectivity index is 1.71. The van der Waals surface area contributed by atoms with E-state index in [-0.39, 0.29) is 0 Å². The van der Waals surface area contributed by atoms with E-state index >= 15 is 0 Å². The molecule has 0 spiro atoms. The predicted octanol–water partition coefficient (Wildman–Crippen LogP) is 3.62. The highest BCUT2D eigenvalue weighted by atomic mass is 14.7. The van der Waals surface area contributed by atoms with E-state index in [1.807, 2.05) is 0 Å². The molecule has 1 nitrogen and oxygen atoms in total. The zero-order chi connectivity index (χ0) is 11.7. The fourth-order valence-electron chi connectivity index (χ4n) is 3.49. The third-order valence-electron chi connectivity index (χ3n) is 4.81. The van der Waals surface area contributed by atoms with Gasteiger partial charge in [-0.3, -0.25) is 0 Å². The van der Waals surface area contributed by atoms with Gasteiger partial charge < -0.3 is 5.73 Å². The van der Waals surface area contributed by atoms with Crippen molar-refractivity contribution in [1.82, 2.24) is 0 Å². The molecule has 2 aliphatic rings. The van der Waals surface area contributed by atoms with Crippen LogP contribution < -0.4 is 5.73 Å². The number of hydrogen-bond acceptors (Lipinski definition) is 1. The van der Waals surface area contributed by atoms with Crippen molar-refractivity contribution in [1.29, 1.82) is 0 Å². The highest BCUT2D eigenvalue weighted by molar-refractivity contribution is 5.32. The molecule has 0 heterocycles. The Labute approximate surface area is 104 Å². The summed E-state index contributed by atoms with van der Waals surface area (Å²) in [5.41, 5.74) is 9.53. The molecule has 2 unspecified atom stereocenters. The molecular formula is C16H23N. The van der Waals surface area contributed by atoms with Crippen LogP contribution in [0.5, 0.6) is 0 Å². The maximum absolute atomic E-state index is 6.37. The van der Waals surface area contributed by atoms with E-state index in [9.17, 15) is 0 Å². The second kappa shape index (κ2) is 4.81. The van der Waals surface area contributed by atoms with Crippen LogP contribution in [-0.2, 0) is 6.42 Å². The number of fused-ring (bicyclic) bond motifs is 1. The van der Waals surface area contributed by atoms with E-state index in [1.54, 1.807) is 11.1 Å². The minimum absolute atomic E-state index is 0.444. The van der Waals surface area contributed by atoms with Gasteiger partial charge in [0.2, 0.25) is 0 Å². The van der Waals surface area contributed by atoms with Crippen LogP contribution in [0.2, 0.25) is 0 Å². The van der Waals surface area contributed by atoms with Crippen LogP contribution in [0.25, 0.3) is 0 Å². The van der Waals surface area contributed by atoms with Crippen molar-refractivity contribution in [2.24, 2.45) is 11.7 Å². The van der Waals surface area contributed by atoms with Gasteiger partial charge in [0.15, 0.2) is 0 Å². The Kier molecular flexibility index (Phi) is 3.19. The molecule has 0 aliphatic heterocycles. The van der Waals surface area contributed by atoms with Gasteiger partial charge in [-0.25, -0.2) is 0 Å². The summed E-state index contributed by atoms with van der Waals surface area (Å²) in [5, 5.41) is 0. The Morgan fingerprint density at radius 2 is 1.94 bits per heavy atom. The summed E-state index contributed by atoms with van der Waals surface area (Å²) in [7, 11) is 0. The summed E-state index contributed by atoms with van der Waals surface area (Å²) in [6.07, 6.45) is 9.31. The van der Waals surface area contributed by atoms with E-state index < -0.39 is 0 Å². The molecule has 0 radical (unpaired) electrons. The first-order chi connectivity index (χ1) is 8.34. The largest absolute Gasteiger partial charge is 0.327 e. The normalized spacial score (nSPS) is 26.1. The van der Waals surface area contributed by atoms with Gasteiger partial charge in [-0.2, -0.15) is 0 Å². The van der Waals surface area contributed by atoms with Crippen molar-refractivity contribution >= 4 is 0 Å². The Bertz CT molecular complexity index is 381. The second-order valence-electron chi connectivity index (χ2n) is 5.88. The molecule has 0 aromatic heterocycles. The molecule has 2 aliphatic carbocycles. The van der Waals surface area contributed by atoms with Gasteiger partial charge in [-0.1, -0.05) is 30.7 Å². The number of benzene rings is 1. The number of rotatable bonds is 3. The van der Waals surface area contributed by atoms with Crippen LogP contribution in [0.4, 0.5) is 0 Å². The quantitative estimate of drug-likeness (QED) is 0.841. The monoisotopic (exact) mass is 229 g/mol. The molecule has 2 N–H and O–H groups in total. The minimum atomic E-state index is 0.444. The van der Waals surface area contributed by atoms with Crippen molar-refractivity contribution in [3.05, 3.63) is 35.4 Å². The van der Waals surface area contributed by atoms with Crippen molar-refractivity contribution in [2.45, 2.75) is 56.9 Å². The average Bonchev–Trinajstić information content (AvgIpc) is 2.27. The van der Waals surface area contributed by atoms with Crippen LogP contribution in [0.3, 0.4) is 0 Å². The summed E-state index contributed by atoms with van der Waals surface area (Å²) >= 11 is 0. The summed E-state index contributed by atoms with van der Waals surface area (Å²) in [5.74, 6) is 1.56. The lowest BCUT2D eigenvalue weighted by Crippen LogP contribution is -2.36. The average molecular weight is 229 g/mol. The summed E-state index contributed by atoms with van der Waals surface area (Å²) < 4.78 is 0. The lowest BCUT2D eigenvalue weighted by atomic mass is 9.73.